The van der Waals surface area contributed by atoms with Gasteiger partial charge in [-0.05, 0) is 43.0 Å². The van der Waals surface area contributed by atoms with Crippen molar-refractivity contribution in [3.8, 4) is 5.75 Å². The molecule has 1 saturated heterocycles. The molecule has 0 unspecified atom stereocenters. The van der Waals surface area contributed by atoms with Crippen molar-refractivity contribution >= 4 is 17.5 Å². The highest BCUT2D eigenvalue weighted by Gasteiger charge is 2.29. The summed E-state index contributed by atoms with van der Waals surface area (Å²) in [7, 11) is 3.32. The molecule has 2 aliphatic rings. The SMILES string of the molecule is COCCc1cc(N)c(OC)cc1N1CCC(N2C=CC=COC2=O)CC1. The van der Waals surface area contributed by atoms with Gasteiger partial charge in [0.25, 0.3) is 0 Å². The van der Waals surface area contributed by atoms with Crippen molar-refractivity contribution in [1.29, 1.82) is 0 Å². The number of amides is 1. The molecule has 0 atom stereocenters. The molecule has 0 saturated carbocycles. The van der Waals surface area contributed by atoms with Crippen molar-refractivity contribution in [2.45, 2.75) is 25.3 Å². The monoisotopic (exact) mass is 373 g/mol. The van der Waals surface area contributed by atoms with Crippen molar-refractivity contribution < 1.29 is 19.0 Å². The largest absolute Gasteiger partial charge is 0.495 e. The first-order valence-electron chi connectivity index (χ1n) is 9.16. The van der Waals surface area contributed by atoms with E-state index in [1.54, 1.807) is 31.4 Å². The fourth-order valence-corrected chi connectivity index (χ4v) is 3.58. The summed E-state index contributed by atoms with van der Waals surface area (Å²) in [6.07, 6.45) is 8.92. The van der Waals surface area contributed by atoms with E-state index < -0.39 is 0 Å². The van der Waals surface area contributed by atoms with Crippen LogP contribution < -0.4 is 15.4 Å². The Labute approximate surface area is 160 Å². The zero-order chi connectivity index (χ0) is 19.2. The number of carbonyl (C=O) groups excluding carboxylic acids is 1. The van der Waals surface area contributed by atoms with Gasteiger partial charge in [-0.3, -0.25) is 4.90 Å². The number of methoxy groups -OCH3 is 2. The first-order valence-corrected chi connectivity index (χ1v) is 9.16. The minimum absolute atomic E-state index is 0.128. The molecule has 1 fully saturated rings. The number of carbonyl (C=O) groups is 1. The lowest BCUT2D eigenvalue weighted by Gasteiger charge is -2.38. The molecule has 0 spiro atoms. The van der Waals surface area contributed by atoms with Crippen LogP contribution in [0, 0.1) is 0 Å². The van der Waals surface area contributed by atoms with E-state index in [1.807, 2.05) is 18.2 Å². The molecular weight excluding hydrogens is 346 g/mol. The molecule has 27 heavy (non-hydrogen) atoms. The van der Waals surface area contributed by atoms with Crippen LogP contribution in [0.5, 0.6) is 5.75 Å². The number of hydrogen-bond acceptors (Lipinski definition) is 6. The van der Waals surface area contributed by atoms with Gasteiger partial charge < -0.3 is 24.8 Å². The van der Waals surface area contributed by atoms with Crippen LogP contribution >= 0.6 is 0 Å². The first kappa shape index (κ1) is 19.1. The number of rotatable bonds is 6. The molecule has 2 aliphatic heterocycles. The minimum Gasteiger partial charge on any atom is -0.495 e. The molecule has 1 aromatic rings. The highest BCUT2D eigenvalue weighted by molar-refractivity contribution is 5.71. The highest BCUT2D eigenvalue weighted by Crippen LogP contribution is 2.34. The molecule has 0 bridgehead atoms. The van der Waals surface area contributed by atoms with E-state index in [0.717, 1.165) is 43.6 Å². The van der Waals surface area contributed by atoms with Gasteiger partial charge in [0.2, 0.25) is 0 Å². The summed E-state index contributed by atoms with van der Waals surface area (Å²) in [5.41, 5.74) is 8.99. The Morgan fingerprint density at radius 3 is 2.70 bits per heavy atom. The predicted molar refractivity (Wildman–Crippen MR) is 105 cm³/mol. The van der Waals surface area contributed by atoms with E-state index in [0.29, 0.717) is 18.0 Å². The number of nitrogen functional groups attached to an aromatic ring is 1. The molecule has 7 heteroatoms. The molecule has 146 valence electrons. The lowest BCUT2D eigenvalue weighted by atomic mass is 10.0. The quantitative estimate of drug-likeness (QED) is 0.773. The van der Waals surface area contributed by atoms with Crippen molar-refractivity contribution in [1.82, 2.24) is 4.90 Å². The summed E-state index contributed by atoms with van der Waals surface area (Å²) >= 11 is 0. The molecule has 7 nitrogen and oxygen atoms in total. The number of hydrogen-bond donors (Lipinski definition) is 1. The number of ether oxygens (including phenoxy) is 3. The second kappa shape index (κ2) is 8.81. The van der Waals surface area contributed by atoms with Crippen LogP contribution in [0.4, 0.5) is 16.2 Å². The van der Waals surface area contributed by atoms with Crippen LogP contribution in [-0.2, 0) is 15.9 Å². The third-order valence-corrected chi connectivity index (χ3v) is 5.02. The molecule has 0 aromatic heterocycles. The van der Waals surface area contributed by atoms with E-state index >= 15 is 0 Å². The van der Waals surface area contributed by atoms with Gasteiger partial charge >= 0.3 is 6.09 Å². The number of nitrogens with zero attached hydrogens (tertiary/aromatic N) is 2. The maximum absolute atomic E-state index is 12.1. The number of cyclic esters (lactones) is 1. The summed E-state index contributed by atoms with van der Waals surface area (Å²) in [5, 5.41) is 0. The van der Waals surface area contributed by atoms with Gasteiger partial charge in [0.05, 0.1) is 25.7 Å². The van der Waals surface area contributed by atoms with Gasteiger partial charge in [-0.2, -0.15) is 0 Å². The van der Waals surface area contributed by atoms with Crippen molar-refractivity contribution in [3.05, 3.63) is 42.3 Å². The minimum atomic E-state index is -0.326. The fraction of sp³-hybridized carbons (Fsp3) is 0.450. The number of anilines is 2. The topological polar surface area (TPSA) is 77.3 Å². The first-order chi connectivity index (χ1) is 13.1. The Hall–Kier alpha value is -2.67. The van der Waals surface area contributed by atoms with Gasteiger partial charge in [0.15, 0.2) is 0 Å². The maximum atomic E-state index is 12.1. The number of allylic oxidation sites excluding steroid dienone is 2. The van der Waals surface area contributed by atoms with Gasteiger partial charge in [0.1, 0.15) is 5.75 Å². The second-order valence-electron chi connectivity index (χ2n) is 6.64. The fourth-order valence-electron chi connectivity index (χ4n) is 3.58. The average molecular weight is 373 g/mol. The Kier molecular flexibility index (Phi) is 6.24. The summed E-state index contributed by atoms with van der Waals surface area (Å²) in [4.78, 5) is 16.1. The van der Waals surface area contributed by atoms with Crippen LogP contribution in [0.15, 0.2) is 36.7 Å². The third kappa shape index (κ3) is 4.36. The zero-order valence-corrected chi connectivity index (χ0v) is 15.9. The summed E-state index contributed by atoms with van der Waals surface area (Å²) in [6.45, 7) is 2.30. The zero-order valence-electron chi connectivity index (χ0n) is 15.9. The van der Waals surface area contributed by atoms with E-state index in [-0.39, 0.29) is 12.1 Å². The van der Waals surface area contributed by atoms with Gasteiger partial charge in [-0.15, -0.1) is 0 Å². The molecule has 1 aromatic carbocycles. The second-order valence-corrected chi connectivity index (χ2v) is 6.64. The maximum Gasteiger partial charge on any atom is 0.418 e. The Balaban J connectivity index is 1.74. The molecule has 2 heterocycles. The van der Waals surface area contributed by atoms with E-state index in [4.69, 9.17) is 19.9 Å². The Bertz CT molecular complexity index is 724. The number of nitrogens with two attached hydrogens (primary N) is 1. The third-order valence-electron chi connectivity index (χ3n) is 5.02. The van der Waals surface area contributed by atoms with Gasteiger partial charge in [-0.1, -0.05) is 0 Å². The Morgan fingerprint density at radius 1 is 1.22 bits per heavy atom. The van der Waals surface area contributed by atoms with Gasteiger partial charge in [-0.25, -0.2) is 4.79 Å². The molecule has 1 amide bonds. The smallest absolute Gasteiger partial charge is 0.418 e. The van der Waals surface area contributed by atoms with E-state index in [9.17, 15) is 4.79 Å². The van der Waals surface area contributed by atoms with Crippen LogP contribution in [0.2, 0.25) is 0 Å². The summed E-state index contributed by atoms with van der Waals surface area (Å²) in [5.74, 6) is 0.679. The van der Waals surface area contributed by atoms with Gasteiger partial charge in [0, 0.05) is 44.2 Å². The molecule has 2 N–H and O–H groups in total. The lowest BCUT2D eigenvalue weighted by molar-refractivity contribution is 0.134. The summed E-state index contributed by atoms with van der Waals surface area (Å²) < 4.78 is 15.7. The van der Waals surface area contributed by atoms with Crippen molar-refractivity contribution in [2.75, 3.05) is 44.5 Å². The van der Waals surface area contributed by atoms with Crippen molar-refractivity contribution in [2.24, 2.45) is 0 Å². The average Bonchev–Trinajstić information content (AvgIpc) is 2.91. The number of piperidine rings is 1. The van der Waals surface area contributed by atoms with E-state index in [1.165, 1.54) is 6.26 Å². The predicted octanol–water partition coefficient (Wildman–Crippen LogP) is 2.91. The molecule has 0 aliphatic carbocycles. The van der Waals surface area contributed by atoms with Crippen LogP contribution in [0.25, 0.3) is 0 Å². The number of benzene rings is 1. The molecule has 0 radical (unpaired) electrons. The normalized spacial score (nSPS) is 17.8. The molecule has 3 rings (SSSR count). The summed E-state index contributed by atoms with van der Waals surface area (Å²) in [6, 6.07) is 4.10. The van der Waals surface area contributed by atoms with Crippen LogP contribution in [-0.4, -0.2) is 51.0 Å². The van der Waals surface area contributed by atoms with Crippen LogP contribution in [0.1, 0.15) is 18.4 Å². The van der Waals surface area contributed by atoms with E-state index in [2.05, 4.69) is 4.90 Å². The van der Waals surface area contributed by atoms with Crippen molar-refractivity contribution in [3.63, 3.8) is 0 Å². The lowest BCUT2D eigenvalue weighted by Crippen LogP contribution is -2.45. The molecular formula is C20H27N3O4. The Morgan fingerprint density at radius 2 is 2.00 bits per heavy atom. The standard InChI is InChI=1S/C20H27N3O4/c1-25-12-7-15-13-17(21)19(26-2)14-18(15)22-9-5-16(6-10-22)23-8-3-4-11-27-20(23)24/h3-4,8,11,13-14,16H,5-7,9-10,12,21H2,1-2H3. The van der Waals surface area contributed by atoms with Crippen LogP contribution in [0.3, 0.4) is 0 Å². The highest BCUT2D eigenvalue weighted by atomic mass is 16.5.